The Labute approximate surface area is 149 Å². The summed E-state index contributed by atoms with van der Waals surface area (Å²) in [5, 5.41) is 1.84. The lowest BCUT2D eigenvalue weighted by atomic mass is 10.2. The van der Waals surface area contributed by atoms with Crippen molar-refractivity contribution >= 4 is 17.5 Å². The van der Waals surface area contributed by atoms with Crippen molar-refractivity contribution in [2.24, 2.45) is 0 Å². The highest BCUT2D eigenvalue weighted by molar-refractivity contribution is 6.34. The molecule has 1 N–H and O–H groups in total. The number of piperazine rings is 2. The minimum atomic E-state index is -0.520. The first-order valence-corrected chi connectivity index (χ1v) is 8.88. The van der Waals surface area contributed by atoms with Crippen molar-refractivity contribution in [1.82, 2.24) is 20.2 Å². The van der Waals surface area contributed by atoms with Crippen molar-refractivity contribution in [3.8, 4) is 0 Å². The second kappa shape index (κ2) is 7.84. The summed E-state index contributed by atoms with van der Waals surface area (Å²) >= 11 is 0. The van der Waals surface area contributed by atoms with Crippen molar-refractivity contribution in [3.63, 3.8) is 0 Å². The largest absolute Gasteiger partial charge is 0.368 e. The molecule has 136 valence electrons. The molecule has 3 rings (SSSR count). The summed E-state index contributed by atoms with van der Waals surface area (Å²) in [5.74, 6) is -0.948. The van der Waals surface area contributed by atoms with E-state index < -0.39 is 11.8 Å². The fraction of sp³-hybridized carbons (Fsp3) is 0.556. The maximum absolute atomic E-state index is 12.4. The normalized spacial score (nSPS) is 19.8. The maximum atomic E-state index is 12.4. The van der Waals surface area contributed by atoms with Gasteiger partial charge in [-0.25, -0.2) is 5.01 Å². The molecule has 0 spiro atoms. The van der Waals surface area contributed by atoms with E-state index in [9.17, 15) is 9.59 Å². The Morgan fingerprint density at radius 1 is 0.960 bits per heavy atom. The average Bonchev–Trinajstić information content (AvgIpc) is 2.63. The fourth-order valence-corrected chi connectivity index (χ4v) is 3.25. The van der Waals surface area contributed by atoms with Crippen LogP contribution in [0.15, 0.2) is 24.3 Å². The molecule has 0 atom stereocenters. The Morgan fingerprint density at radius 3 is 2.28 bits per heavy atom. The van der Waals surface area contributed by atoms with Crippen LogP contribution in [-0.2, 0) is 9.59 Å². The standard InChI is InChI=1S/C18H27N5O2/c1-15-4-3-5-16(14-15)21-8-10-22(11-9-21)18(25)17(24)19-23-12-6-20(2)7-13-23/h3-5,14H,6-13H2,1-2H3,(H,19,24). The number of benzene rings is 1. The Kier molecular flexibility index (Phi) is 5.55. The Balaban J connectivity index is 1.48. The number of anilines is 1. The molecular formula is C18H27N5O2. The van der Waals surface area contributed by atoms with Crippen molar-refractivity contribution in [3.05, 3.63) is 29.8 Å². The van der Waals surface area contributed by atoms with Crippen molar-refractivity contribution in [2.45, 2.75) is 6.92 Å². The minimum Gasteiger partial charge on any atom is -0.368 e. The number of rotatable bonds is 2. The molecule has 0 aromatic heterocycles. The molecule has 0 radical (unpaired) electrons. The lowest BCUT2D eigenvalue weighted by Gasteiger charge is -2.36. The quantitative estimate of drug-likeness (QED) is 0.760. The van der Waals surface area contributed by atoms with Gasteiger partial charge < -0.3 is 14.7 Å². The van der Waals surface area contributed by atoms with E-state index in [-0.39, 0.29) is 0 Å². The van der Waals surface area contributed by atoms with Crippen LogP contribution in [0.4, 0.5) is 5.69 Å². The van der Waals surface area contributed by atoms with Gasteiger partial charge in [-0.05, 0) is 31.7 Å². The Morgan fingerprint density at radius 2 is 1.64 bits per heavy atom. The summed E-state index contributed by atoms with van der Waals surface area (Å²) in [7, 11) is 2.05. The molecule has 1 aromatic rings. The Bertz CT molecular complexity index is 620. The van der Waals surface area contributed by atoms with E-state index in [1.807, 2.05) is 11.1 Å². The van der Waals surface area contributed by atoms with Gasteiger partial charge in [0.2, 0.25) is 0 Å². The van der Waals surface area contributed by atoms with E-state index in [4.69, 9.17) is 0 Å². The maximum Gasteiger partial charge on any atom is 0.323 e. The number of carbonyl (C=O) groups excluding carboxylic acids is 2. The van der Waals surface area contributed by atoms with Crippen LogP contribution >= 0.6 is 0 Å². The second-order valence-electron chi connectivity index (χ2n) is 6.85. The smallest absolute Gasteiger partial charge is 0.323 e. The molecule has 0 aliphatic carbocycles. The van der Waals surface area contributed by atoms with E-state index in [1.54, 1.807) is 4.90 Å². The topological polar surface area (TPSA) is 59.1 Å². The number of nitrogens with one attached hydrogen (secondary N) is 1. The lowest BCUT2D eigenvalue weighted by Crippen LogP contribution is -2.58. The lowest BCUT2D eigenvalue weighted by molar-refractivity contribution is -0.149. The van der Waals surface area contributed by atoms with Gasteiger partial charge in [-0.15, -0.1) is 0 Å². The van der Waals surface area contributed by atoms with Gasteiger partial charge in [-0.3, -0.25) is 15.0 Å². The number of hydrazine groups is 1. The second-order valence-corrected chi connectivity index (χ2v) is 6.85. The van der Waals surface area contributed by atoms with E-state index in [2.05, 4.69) is 47.4 Å². The number of amides is 2. The van der Waals surface area contributed by atoms with Gasteiger partial charge in [0.1, 0.15) is 0 Å². The molecular weight excluding hydrogens is 318 g/mol. The van der Waals surface area contributed by atoms with Crippen LogP contribution in [0.25, 0.3) is 0 Å². The Hall–Kier alpha value is -2.12. The number of likely N-dealkylation sites (N-methyl/N-ethyl adjacent to an activating group) is 1. The minimum absolute atomic E-state index is 0.428. The summed E-state index contributed by atoms with van der Waals surface area (Å²) in [5.41, 5.74) is 5.15. The van der Waals surface area contributed by atoms with E-state index >= 15 is 0 Å². The van der Waals surface area contributed by atoms with Crippen LogP contribution in [0, 0.1) is 6.92 Å². The predicted molar refractivity (Wildman–Crippen MR) is 97.2 cm³/mol. The summed E-state index contributed by atoms with van der Waals surface area (Å²) in [4.78, 5) is 30.7. The third-order valence-electron chi connectivity index (χ3n) is 4.89. The van der Waals surface area contributed by atoms with E-state index in [1.165, 1.54) is 11.3 Å². The molecule has 2 aliphatic rings. The van der Waals surface area contributed by atoms with Gasteiger partial charge in [-0.1, -0.05) is 12.1 Å². The zero-order valence-electron chi connectivity index (χ0n) is 15.1. The molecule has 2 saturated heterocycles. The number of carbonyl (C=O) groups is 2. The van der Waals surface area contributed by atoms with Crippen molar-refractivity contribution in [1.29, 1.82) is 0 Å². The molecule has 2 aliphatic heterocycles. The van der Waals surface area contributed by atoms with Crippen LogP contribution in [-0.4, -0.2) is 86.0 Å². The summed E-state index contributed by atoms with van der Waals surface area (Å²) in [6, 6.07) is 8.36. The van der Waals surface area contributed by atoms with Gasteiger partial charge in [0.05, 0.1) is 0 Å². The summed E-state index contributed by atoms with van der Waals surface area (Å²) in [6.07, 6.45) is 0. The van der Waals surface area contributed by atoms with Crippen molar-refractivity contribution < 1.29 is 9.59 Å². The van der Waals surface area contributed by atoms with E-state index in [0.717, 1.165) is 39.3 Å². The monoisotopic (exact) mass is 345 g/mol. The number of nitrogens with zero attached hydrogens (tertiary/aromatic N) is 4. The molecule has 2 amide bonds. The van der Waals surface area contributed by atoms with Crippen LogP contribution in [0.2, 0.25) is 0 Å². The molecule has 2 fully saturated rings. The van der Waals surface area contributed by atoms with Crippen LogP contribution in [0.3, 0.4) is 0 Å². The molecule has 2 heterocycles. The molecule has 7 nitrogen and oxygen atoms in total. The zero-order chi connectivity index (χ0) is 17.8. The van der Waals surface area contributed by atoms with Crippen molar-refractivity contribution in [2.75, 3.05) is 64.3 Å². The molecule has 0 bridgehead atoms. The summed E-state index contributed by atoms with van der Waals surface area (Å²) < 4.78 is 0. The first kappa shape index (κ1) is 17.7. The van der Waals surface area contributed by atoms with Gasteiger partial charge in [0.25, 0.3) is 0 Å². The highest BCUT2D eigenvalue weighted by Crippen LogP contribution is 2.17. The first-order chi connectivity index (χ1) is 12.0. The molecule has 7 heteroatoms. The number of aryl methyl sites for hydroxylation is 1. The molecule has 1 aromatic carbocycles. The van der Waals surface area contributed by atoms with Gasteiger partial charge >= 0.3 is 11.8 Å². The SMILES string of the molecule is Cc1cccc(N2CCN(C(=O)C(=O)NN3CCN(C)CC3)CC2)c1. The van der Waals surface area contributed by atoms with Gasteiger partial charge in [0, 0.05) is 58.0 Å². The third-order valence-corrected chi connectivity index (χ3v) is 4.89. The molecule has 0 saturated carbocycles. The fourth-order valence-electron chi connectivity index (χ4n) is 3.25. The predicted octanol–water partition coefficient (Wildman–Crippen LogP) is -0.0778. The average molecular weight is 345 g/mol. The first-order valence-electron chi connectivity index (χ1n) is 8.88. The van der Waals surface area contributed by atoms with Crippen LogP contribution < -0.4 is 10.3 Å². The number of hydrogen-bond acceptors (Lipinski definition) is 5. The van der Waals surface area contributed by atoms with E-state index in [0.29, 0.717) is 13.1 Å². The molecule has 0 unspecified atom stereocenters. The third kappa shape index (κ3) is 4.49. The highest BCUT2D eigenvalue weighted by atomic mass is 16.2. The zero-order valence-corrected chi connectivity index (χ0v) is 15.1. The summed E-state index contributed by atoms with van der Waals surface area (Å²) in [6.45, 7) is 7.99. The van der Waals surface area contributed by atoms with Crippen LogP contribution in [0.1, 0.15) is 5.56 Å². The highest BCUT2D eigenvalue weighted by Gasteiger charge is 2.27. The van der Waals surface area contributed by atoms with Gasteiger partial charge in [0.15, 0.2) is 0 Å². The molecule has 25 heavy (non-hydrogen) atoms. The van der Waals surface area contributed by atoms with Crippen LogP contribution in [0.5, 0.6) is 0 Å². The van der Waals surface area contributed by atoms with Gasteiger partial charge in [-0.2, -0.15) is 0 Å². The number of hydrogen-bond donors (Lipinski definition) is 1.